The van der Waals surface area contributed by atoms with Gasteiger partial charge in [0, 0.05) is 11.6 Å². The molecule has 120 valence electrons. The van der Waals surface area contributed by atoms with Crippen LogP contribution in [0.1, 0.15) is 13.8 Å². The zero-order valence-corrected chi connectivity index (χ0v) is 14.2. The van der Waals surface area contributed by atoms with Crippen molar-refractivity contribution in [3.05, 3.63) is 47.7 Å². The number of halogens is 1. The van der Waals surface area contributed by atoms with Crippen LogP contribution in [0.2, 0.25) is 5.15 Å². The second-order valence-corrected chi connectivity index (χ2v) is 8.31. The van der Waals surface area contributed by atoms with Crippen molar-refractivity contribution in [1.29, 1.82) is 0 Å². The number of sulfone groups is 1. The largest absolute Gasteiger partial charge is 0.354 e. The van der Waals surface area contributed by atoms with Crippen LogP contribution in [-0.4, -0.2) is 23.6 Å². The molecule has 0 fully saturated rings. The smallest absolute Gasteiger partial charge is 0.182 e. The third-order valence-corrected chi connectivity index (χ3v) is 5.98. The molecule has 0 spiro atoms. The number of pyridine rings is 1. The number of aromatic nitrogens is 2. The predicted octanol–water partition coefficient (Wildman–Crippen LogP) is 4.14. The summed E-state index contributed by atoms with van der Waals surface area (Å²) in [5.74, 6) is 0. The van der Waals surface area contributed by atoms with E-state index >= 15 is 0 Å². The number of aromatic amines is 1. The van der Waals surface area contributed by atoms with Gasteiger partial charge in [-0.3, -0.25) is 0 Å². The number of fused-ring (bicyclic) bond motifs is 1. The zero-order valence-electron chi connectivity index (χ0n) is 12.7. The van der Waals surface area contributed by atoms with Crippen molar-refractivity contribution in [1.82, 2.24) is 9.97 Å². The monoisotopic (exact) mass is 349 g/mol. The summed E-state index contributed by atoms with van der Waals surface area (Å²) >= 11 is 6.04. The maximum atomic E-state index is 12.5. The number of nitrogens with zero attached hydrogens (tertiary/aromatic N) is 1. The summed E-state index contributed by atoms with van der Waals surface area (Å²) in [7, 11) is -3.40. The summed E-state index contributed by atoms with van der Waals surface area (Å²) in [6, 6.07) is 10.4. The summed E-state index contributed by atoms with van der Waals surface area (Å²) in [6.07, 6.45) is 1.76. The number of hydrogen-bond acceptors (Lipinski definition) is 4. The molecule has 0 aliphatic rings. The molecule has 0 radical (unpaired) electrons. The highest BCUT2D eigenvalue weighted by Crippen LogP contribution is 2.31. The molecule has 0 amide bonds. The van der Waals surface area contributed by atoms with Crippen LogP contribution in [0.4, 0.5) is 11.4 Å². The van der Waals surface area contributed by atoms with Crippen molar-refractivity contribution in [3.63, 3.8) is 0 Å². The first-order chi connectivity index (χ1) is 10.9. The van der Waals surface area contributed by atoms with Gasteiger partial charge in [0.05, 0.1) is 21.5 Å². The van der Waals surface area contributed by atoms with Crippen molar-refractivity contribution >= 4 is 43.8 Å². The van der Waals surface area contributed by atoms with Gasteiger partial charge in [0.2, 0.25) is 0 Å². The fourth-order valence-electron chi connectivity index (χ4n) is 2.33. The minimum absolute atomic E-state index is 0.270. The van der Waals surface area contributed by atoms with Gasteiger partial charge in [-0.25, -0.2) is 13.4 Å². The van der Waals surface area contributed by atoms with E-state index in [1.165, 1.54) is 0 Å². The second kappa shape index (κ2) is 5.86. The Morgan fingerprint density at radius 2 is 1.91 bits per heavy atom. The van der Waals surface area contributed by atoms with Crippen LogP contribution in [0.15, 0.2) is 47.5 Å². The lowest BCUT2D eigenvalue weighted by Gasteiger charge is -2.15. The molecule has 23 heavy (non-hydrogen) atoms. The third-order valence-electron chi connectivity index (χ3n) is 3.58. The summed E-state index contributed by atoms with van der Waals surface area (Å²) in [5, 5.41) is 3.84. The maximum absolute atomic E-state index is 12.5. The van der Waals surface area contributed by atoms with Crippen molar-refractivity contribution < 1.29 is 8.42 Å². The molecule has 1 aromatic carbocycles. The van der Waals surface area contributed by atoms with Crippen LogP contribution in [-0.2, 0) is 9.84 Å². The molecule has 5 nitrogen and oxygen atoms in total. The normalized spacial score (nSPS) is 12.0. The molecule has 0 atom stereocenters. The average Bonchev–Trinajstić information content (AvgIpc) is 2.95. The molecular formula is C16H16ClN3O2S. The number of nitrogens with one attached hydrogen (secondary N) is 2. The van der Waals surface area contributed by atoms with E-state index in [4.69, 9.17) is 11.6 Å². The predicted molar refractivity (Wildman–Crippen MR) is 93.2 cm³/mol. The number of hydrogen-bond donors (Lipinski definition) is 2. The first-order valence-electron chi connectivity index (χ1n) is 7.13. The topological polar surface area (TPSA) is 74.8 Å². The van der Waals surface area contributed by atoms with Crippen LogP contribution >= 0.6 is 11.6 Å². The number of benzene rings is 1. The minimum atomic E-state index is -3.40. The van der Waals surface area contributed by atoms with E-state index < -0.39 is 15.1 Å². The Hall–Kier alpha value is -2.05. The number of rotatable bonds is 4. The lowest BCUT2D eigenvalue weighted by Crippen LogP contribution is -2.15. The van der Waals surface area contributed by atoms with Crippen LogP contribution < -0.4 is 5.32 Å². The Labute approximate surface area is 139 Å². The van der Waals surface area contributed by atoms with E-state index in [9.17, 15) is 8.42 Å². The van der Waals surface area contributed by atoms with Crippen LogP contribution in [0.25, 0.3) is 11.0 Å². The van der Waals surface area contributed by atoms with E-state index in [0.717, 1.165) is 5.39 Å². The molecule has 3 aromatic rings. The van der Waals surface area contributed by atoms with E-state index in [2.05, 4.69) is 15.3 Å². The molecule has 0 aliphatic carbocycles. The highest BCUT2D eigenvalue weighted by atomic mass is 35.5. The molecule has 2 N–H and O–H groups in total. The molecule has 0 saturated heterocycles. The molecule has 0 saturated carbocycles. The standard InChI is InChI=1S/C16H16ClN3O2S/c1-10(2)23(21,22)14-6-4-3-5-12(14)19-13-9-15(17)20-16-11(13)7-8-18-16/h3-10H,1-2H3,(H2,18,19,20). The van der Waals surface area contributed by atoms with Crippen molar-refractivity contribution in [2.24, 2.45) is 0 Å². The van der Waals surface area contributed by atoms with Crippen molar-refractivity contribution in [2.75, 3.05) is 5.32 Å². The van der Waals surface area contributed by atoms with Gasteiger partial charge in [0.25, 0.3) is 0 Å². The van der Waals surface area contributed by atoms with Gasteiger partial charge in [-0.1, -0.05) is 23.7 Å². The fourth-order valence-corrected chi connectivity index (χ4v) is 3.72. The molecular weight excluding hydrogens is 334 g/mol. The Morgan fingerprint density at radius 1 is 1.17 bits per heavy atom. The summed E-state index contributed by atoms with van der Waals surface area (Å²) in [5.41, 5.74) is 1.86. The number of anilines is 2. The average molecular weight is 350 g/mol. The van der Waals surface area contributed by atoms with E-state index in [0.29, 0.717) is 22.2 Å². The SMILES string of the molecule is CC(C)S(=O)(=O)c1ccccc1Nc1cc(Cl)nc2[nH]ccc12. The van der Waals surface area contributed by atoms with Crippen LogP contribution in [0.5, 0.6) is 0 Å². The third kappa shape index (κ3) is 2.92. The van der Waals surface area contributed by atoms with Gasteiger partial charge in [-0.2, -0.15) is 0 Å². The van der Waals surface area contributed by atoms with Crippen molar-refractivity contribution in [3.8, 4) is 0 Å². The number of H-pyrrole nitrogens is 1. The highest BCUT2D eigenvalue weighted by molar-refractivity contribution is 7.92. The second-order valence-electron chi connectivity index (χ2n) is 5.45. The van der Waals surface area contributed by atoms with Gasteiger partial charge >= 0.3 is 0 Å². The van der Waals surface area contributed by atoms with E-state index in [1.54, 1.807) is 50.4 Å². The van der Waals surface area contributed by atoms with E-state index in [-0.39, 0.29) is 4.90 Å². The Morgan fingerprint density at radius 3 is 2.65 bits per heavy atom. The Balaban J connectivity index is 2.12. The minimum Gasteiger partial charge on any atom is -0.354 e. The molecule has 0 aliphatic heterocycles. The fraction of sp³-hybridized carbons (Fsp3) is 0.188. The molecule has 0 bridgehead atoms. The van der Waals surface area contributed by atoms with Crippen LogP contribution in [0, 0.1) is 0 Å². The summed E-state index contributed by atoms with van der Waals surface area (Å²) < 4.78 is 25.1. The molecule has 3 rings (SSSR count). The van der Waals surface area contributed by atoms with Gasteiger partial charge in [0.1, 0.15) is 10.8 Å². The summed E-state index contributed by atoms with van der Waals surface area (Å²) in [4.78, 5) is 7.45. The zero-order chi connectivity index (χ0) is 16.6. The van der Waals surface area contributed by atoms with E-state index in [1.807, 2.05) is 6.07 Å². The Bertz CT molecular complexity index is 964. The first kappa shape index (κ1) is 15.8. The lowest BCUT2D eigenvalue weighted by atomic mass is 10.2. The molecule has 0 unspecified atom stereocenters. The Kier molecular flexibility index (Phi) is 4.04. The molecule has 2 heterocycles. The van der Waals surface area contributed by atoms with Crippen LogP contribution in [0.3, 0.4) is 0 Å². The van der Waals surface area contributed by atoms with Gasteiger partial charge in [-0.15, -0.1) is 0 Å². The molecule has 7 heteroatoms. The van der Waals surface area contributed by atoms with Gasteiger partial charge in [-0.05, 0) is 38.1 Å². The molecule has 2 aromatic heterocycles. The first-order valence-corrected chi connectivity index (χ1v) is 9.05. The highest BCUT2D eigenvalue weighted by Gasteiger charge is 2.22. The van der Waals surface area contributed by atoms with Gasteiger partial charge in [0.15, 0.2) is 9.84 Å². The maximum Gasteiger partial charge on any atom is 0.182 e. The lowest BCUT2D eigenvalue weighted by molar-refractivity contribution is 0.588. The van der Waals surface area contributed by atoms with Gasteiger partial charge < -0.3 is 10.3 Å². The summed E-state index contributed by atoms with van der Waals surface area (Å²) in [6.45, 7) is 3.33. The quantitative estimate of drug-likeness (QED) is 0.694. The number of para-hydroxylation sites is 1. The van der Waals surface area contributed by atoms with Crippen molar-refractivity contribution in [2.45, 2.75) is 24.0 Å².